The van der Waals surface area contributed by atoms with Crippen LogP contribution in [-0.2, 0) is 12.0 Å². The van der Waals surface area contributed by atoms with Crippen molar-refractivity contribution in [2.75, 3.05) is 7.05 Å². The van der Waals surface area contributed by atoms with Gasteiger partial charge in [-0.05, 0) is 63.3 Å². The van der Waals surface area contributed by atoms with Crippen molar-refractivity contribution in [3.05, 3.63) is 17.3 Å². The van der Waals surface area contributed by atoms with Crippen LogP contribution in [0.3, 0.4) is 0 Å². The second kappa shape index (κ2) is 4.08. The first-order chi connectivity index (χ1) is 9.18. The van der Waals surface area contributed by atoms with E-state index in [1.807, 2.05) is 14.0 Å². The Morgan fingerprint density at radius 2 is 1.74 bits per heavy atom. The van der Waals surface area contributed by atoms with E-state index in [-0.39, 0.29) is 0 Å². The van der Waals surface area contributed by atoms with E-state index < -0.39 is 0 Å². The minimum atomic E-state index is 0.360. The van der Waals surface area contributed by atoms with Crippen LogP contribution in [0.5, 0.6) is 0 Å². The van der Waals surface area contributed by atoms with Gasteiger partial charge in [0.15, 0.2) is 5.89 Å². The molecule has 0 aliphatic heterocycles. The Bertz CT molecular complexity index is 456. The Morgan fingerprint density at radius 1 is 1.16 bits per heavy atom. The van der Waals surface area contributed by atoms with Crippen LogP contribution in [0.25, 0.3) is 0 Å². The number of aromatic nitrogens is 1. The molecule has 0 spiro atoms. The van der Waals surface area contributed by atoms with E-state index in [0.717, 1.165) is 35.9 Å². The largest absolute Gasteiger partial charge is 0.444 e. The van der Waals surface area contributed by atoms with Crippen molar-refractivity contribution >= 4 is 0 Å². The highest BCUT2D eigenvalue weighted by atomic mass is 16.4. The van der Waals surface area contributed by atoms with Crippen molar-refractivity contribution < 1.29 is 4.42 Å². The molecule has 0 amide bonds. The van der Waals surface area contributed by atoms with E-state index >= 15 is 0 Å². The summed E-state index contributed by atoms with van der Waals surface area (Å²) >= 11 is 0. The van der Waals surface area contributed by atoms with Gasteiger partial charge in [0.25, 0.3) is 0 Å². The highest BCUT2D eigenvalue weighted by Crippen LogP contribution is 2.60. The number of nitrogens with one attached hydrogen (secondary N) is 1. The number of aryl methyl sites for hydroxylation is 1. The number of hydrogen-bond donors (Lipinski definition) is 1. The molecule has 1 aromatic heterocycles. The summed E-state index contributed by atoms with van der Waals surface area (Å²) in [5.41, 5.74) is 1.66. The van der Waals surface area contributed by atoms with Gasteiger partial charge in [-0.2, -0.15) is 0 Å². The van der Waals surface area contributed by atoms with Crippen LogP contribution in [0.4, 0.5) is 0 Å². The molecular formula is C16H24N2O. The lowest BCUT2D eigenvalue weighted by Gasteiger charge is -2.56. The SMILES string of the molecule is CNCc1oc(C)nc1C12CC3CC(CC(C3)C1)C2. The summed E-state index contributed by atoms with van der Waals surface area (Å²) in [4.78, 5) is 4.81. The van der Waals surface area contributed by atoms with Gasteiger partial charge in [-0.1, -0.05) is 0 Å². The van der Waals surface area contributed by atoms with Crippen molar-refractivity contribution in [3.8, 4) is 0 Å². The van der Waals surface area contributed by atoms with E-state index in [1.54, 1.807) is 0 Å². The van der Waals surface area contributed by atoms with Gasteiger partial charge in [-0.3, -0.25) is 0 Å². The molecule has 1 heterocycles. The van der Waals surface area contributed by atoms with E-state index in [1.165, 1.54) is 44.2 Å². The fourth-order valence-corrected chi connectivity index (χ4v) is 5.56. The Kier molecular flexibility index (Phi) is 2.57. The first-order valence-corrected chi connectivity index (χ1v) is 7.80. The lowest BCUT2D eigenvalue weighted by molar-refractivity contribution is -0.00780. The Labute approximate surface area is 115 Å². The maximum atomic E-state index is 5.87. The summed E-state index contributed by atoms with van der Waals surface area (Å²) < 4.78 is 5.87. The number of hydrogen-bond acceptors (Lipinski definition) is 3. The molecule has 19 heavy (non-hydrogen) atoms. The zero-order valence-electron chi connectivity index (χ0n) is 12.0. The van der Waals surface area contributed by atoms with E-state index in [4.69, 9.17) is 9.40 Å². The van der Waals surface area contributed by atoms with Crippen LogP contribution in [0.15, 0.2) is 4.42 Å². The second-order valence-electron chi connectivity index (χ2n) is 7.23. The fourth-order valence-electron chi connectivity index (χ4n) is 5.56. The standard InChI is InChI=1S/C16H24N2O/c1-10-18-15(14(19-10)9-17-2)16-6-11-3-12(7-16)5-13(4-11)8-16/h11-13,17H,3-9H2,1-2H3. The Morgan fingerprint density at radius 3 is 2.26 bits per heavy atom. The van der Waals surface area contributed by atoms with Crippen molar-refractivity contribution in [2.24, 2.45) is 17.8 Å². The smallest absolute Gasteiger partial charge is 0.191 e. The van der Waals surface area contributed by atoms with Crippen molar-refractivity contribution in [2.45, 2.75) is 57.4 Å². The minimum absolute atomic E-state index is 0.360. The third-order valence-corrected chi connectivity index (χ3v) is 5.68. The summed E-state index contributed by atoms with van der Waals surface area (Å²) in [6, 6.07) is 0. The van der Waals surface area contributed by atoms with Crippen LogP contribution in [-0.4, -0.2) is 12.0 Å². The summed E-state index contributed by atoms with van der Waals surface area (Å²) in [5, 5.41) is 3.24. The van der Waals surface area contributed by atoms with Crippen LogP contribution >= 0.6 is 0 Å². The third kappa shape index (κ3) is 1.78. The third-order valence-electron chi connectivity index (χ3n) is 5.68. The van der Waals surface area contributed by atoms with Gasteiger partial charge < -0.3 is 9.73 Å². The maximum absolute atomic E-state index is 5.87. The monoisotopic (exact) mass is 260 g/mol. The van der Waals surface area contributed by atoms with Gasteiger partial charge in [-0.15, -0.1) is 0 Å². The molecule has 4 saturated carbocycles. The summed E-state index contributed by atoms with van der Waals surface area (Å²) in [6.07, 6.45) is 8.54. The zero-order chi connectivity index (χ0) is 13.0. The molecule has 3 nitrogen and oxygen atoms in total. The van der Waals surface area contributed by atoms with E-state index in [9.17, 15) is 0 Å². The summed E-state index contributed by atoms with van der Waals surface area (Å²) in [5.74, 6) is 4.83. The number of oxazole rings is 1. The van der Waals surface area contributed by atoms with Crippen molar-refractivity contribution in [1.29, 1.82) is 0 Å². The molecule has 0 radical (unpaired) electrons. The molecule has 104 valence electrons. The number of nitrogens with zero attached hydrogens (tertiary/aromatic N) is 1. The van der Waals surface area contributed by atoms with Crippen molar-refractivity contribution in [3.63, 3.8) is 0 Å². The summed E-state index contributed by atoms with van der Waals surface area (Å²) in [6.45, 7) is 2.81. The molecule has 0 aromatic carbocycles. The van der Waals surface area contributed by atoms with Crippen LogP contribution in [0.1, 0.15) is 55.9 Å². The molecular weight excluding hydrogens is 236 g/mol. The molecule has 4 bridgehead atoms. The van der Waals surface area contributed by atoms with E-state index in [0.29, 0.717) is 5.41 Å². The molecule has 4 aliphatic rings. The molecule has 5 rings (SSSR count). The summed E-state index contributed by atoms with van der Waals surface area (Å²) in [7, 11) is 1.99. The van der Waals surface area contributed by atoms with Crippen LogP contribution < -0.4 is 5.32 Å². The highest BCUT2D eigenvalue weighted by Gasteiger charge is 2.53. The topological polar surface area (TPSA) is 38.1 Å². The van der Waals surface area contributed by atoms with E-state index in [2.05, 4.69) is 5.32 Å². The fraction of sp³-hybridized carbons (Fsp3) is 0.812. The molecule has 1 aromatic rings. The highest BCUT2D eigenvalue weighted by molar-refractivity contribution is 5.26. The quantitative estimate of drug-likeness (QED) is 0.907. The van der Waals surface area contributed by atoms with Gasteiger partial charge >= 0.3 is 0 Å². The molecule has 0 atom stereocenters. The molecule has 3 heteroatoms. The van der Waals surface area contributed by atoms with Gasteiger partial charge in [0, 0.05) is 12.3 Å². The van der Waals surface area contributed by atoms with Gasteiger partial charge in [-0.25, -0.2) is 4.98 Å². The van der Waals surface area contributed by atoms with Gasteiger partial charge in [0.1, 0.15) is 5.76 Å². The Hall–Kier alpha value is -0.830. The first-order valence-electron chi connectivity index (χ1n) is 7.80. The zero-order valence-corrected chi connectivity index (χ0v) is 12.0. The van der Waals surface area contributed by atoms with Gasteiger partial charge in [0.05, 0.1) is 12.2 Å². The predicted molar refractivity (Wildman–Crippen MR) is 73.9 cm³/mol. The molecule has 0 saturated heterocycles. The minimum Gasteiger partial charge on any atom is -0.444 e. The predicted octanol–water partition coefficient (Wildman–Crippen LogP) is 3.17. The normalized spacial score (nSPS) is 40.0. The molecule has 4 fully saturated rings. The van der Waals surface area contributed by atoms with Gasteiger partial charge in [0.2, 0.25) is 0 Å². The second-order valence-corrected chi connectivity index (χ2v) is 7.23. The Balaban J connectivity index is 1.75. The number of rotatable bonds is 3. The van der Waals surface area contributed by atoms with Crippen molar-refractivity contribution in [1.82, 2.24) is 10.3 Å². The molecule has 1 N–H and O–H groups in total. The van der Waals surface area contributed by atoms with Crippen LogP contribution in [0.2, 0.25) is 0 Å². The average Bonchev–Trinajstić information content (AvgIpc) is 2.70. The molecule has 0 unspecified atom stereocenters. The first kappa shape index (κ1) is 12.0. The molecule has 4 aliphatic carbocycles. The average molecular weight is 260 g/mol. The lowest BCUT2D eigenvalue weighted by Crippen LogP contribution is -2.49. The lowest BCUT2D eigenvalue weighted by atomic mass is 9.48. The maximum Gasteiger partial charge on any atom is 0.191 e. The van der Waals surface area contributed by atoms with Crippen LogP contribution in [0, 0.1) is 24.7 Å².